The molecule has 1 aromatic rings. The van der Waals surface area contributed by atoms with Crippen LogP contribution in [-0.2, 0) is 11.4 Å². The van der Waals surface area contributed by atoms with E-state index in [1.165, 1.54) is 25.9 Å². The van der Waals surface area contributed by atoms with Gasteiger partial charge in [0.15, 0.2) is 18.1 Å². The minimum absolute atomic E-state index is 0.227. The van der Waals surface area contributed by atoms with E-state index in [1.807, 2.05) is 6.07 Å². The number of fused-ring (bicyclic) bond motifs is 3. The van der Waals surface area contributed by atoms with Crippen LogP contribution in [0.4, 0.5) is 0 Å². The molecule has 4 rings (SSSR count). The molecule has 0 aromatic carbocycles. The van der Waals surface area contributed by atoms with E-state index in [-0.39, 0.29) is 12.3 Å². The van der Waals surface area contributed by atoms with Crippen molar-refractivity contribution in [3.8, 4) is 6.07 Å². The van der Waals surface area contributed by atoms with E-state index in [9.17, 15) is 0 Å². The number of nitriles is 1. The number of rotatable bonds is 3. The zero-order valence-corrected chi connectivity index (χ0v) is 10.0. The predicted molar refractivity (Wildman–Crippen MR) is 62.6 cm³/mol. The lowest BCUT2D eigenvalue weighted by molar-refractivity contribution is 0.100. The molecule has 0 radical (unpaired) electrons. The largest absolute Gasteiger partial charge is 0.387 e. The van der Waals surface area contributed by atoms with Crippen LogP contribution in [0.15, 0.2) is 15.7 Å². The minimum atomic E-state index is 0.227. The van der Waals surface area contributed by atoms with Crippen LogP contribution in [0, 0.1) is 17.2 Å². The summed E-state index contributed by atoms with van der Waals surface area (Å²) in [7, 11) is 0. The van der Waals surface area contributed by atoms with Crippen molar-refractivity contribution in [2.75, 3.05) is 19.6 Å². The van der Waals surface area contributed by atoms with E-state index < -0.39 is 0 Å². The van der Waals surface area contributed by atoms with Crippen molar-refractivity contribution in [1.82, 2.24) is 10.1 Å². The van der Waals surface area contributed by atoms with Crippen LogP contribution >= 0.6 is 0 Å². The monoisotopic (exact) mass is 246 g/mol. The van der Waals surface area contributed by atoms with Gasteiger partial charge in [-0.3, -0.25) is 4.90 Å². The van der Waals surface area contributed by atoms with Gasteiger partial charge in [-0.25, -0.2) is 0 Å². The first kappa shape index (κ1) is 11.2. The van der Waals surface area contributed by atoms with Gasteiger partial charge >= 0.3 is 0 Å². The number of aromatic nitrogens is 1. The molecule has 0 aliphatic carbocycles. The van der Waals surface area contributed by atoms with Crippen LogP contribution < -0.4 is 0 Å². The molecule has 0 amide bonds. The van der Waals surface area contributed by atoms with E-state index in [1.54, 1.807) is 6.07 Å². The lowest BCUT2D eigenvalue weighted by Crippen LogP contribution is -2.47. The van der Waals surface area contributed by atoms with E-state index in [4.69, 9.17) is 14.6 Å². The molecular weight excluding hydrogens is 232 g/mol. The zero-order valence-electron chi connectivity index (χ0n) is 10.0. The summed E-state index contributed by atoms with van der Waals surface area (Å²) in [5.74, 6) is 1.11. The summed E-state index contributed by atoms with van der Waals surface area (Å²) in [6, 6.07) is 3.47. The van der Waals surface area contributed by atoms with E-state index in [2.05, 4.69) is 15.2 Å². The third-order valence-corrected chi connectivity index (χ3v) is 3.51. The van der Waals surface area contributed by atoms with Crippen LogP contribution in [0.25, 0.3) is 0 Å². The van der Waals surface area contributed by atoms with Gasteiger partial charge in [0, 0.05) is 18.5 Å². The molecule has 1 aromatic heterocycles. The average Bonchev–Trinajstić information content (AvgIpc) is 2.88. The Bertz CT molecular complexity index is 494. The van der Waals surface area contributed by atoms with Crippen LogP contribution in [-0.4, -0.2) is 35.4 Å². The molecule has 18 heavy (non-hydrogen) atoms. The third-order valence-electron chi connectivity index (χ3n) is 3.51. The molecule has 0 unspecified atom stereocenters. The standard InChI is InChI=1S/C12H14N4O2/c13-6-10-5-11(18-14-10)8-17-15-12-7-16-3-1-9(12)2-4-16/h5,9H,1-4,7-8H2. The number of hydrogen-bond donors (Lipinski definition) is 0. The maximum Gasteiger partial charge on any atom is 0.183 e. The summed E-state index contributed by atoms with van der Waals surface area (Å²) >= 11 is 0. The quantitative estimate of drug-likeness (QED) is 0.748. The zero-order chi connectivity index (χ0) is 12.4. The lowest BCUT2D eigenvalue weighted by Gasteiger charge is -2.39. The van der Waals surface area contributed by atoms with Crippen molar-refractivity contribution in [3.63, 3.8) is 0 Å². The maximum atomic E-state index is 8.61. The summed E-state index contributed by atoms with van der Waals surface area (Å²) in [6.45, 7) is 3.50. The highest BCUT2D eigenvalue weighted by Gasteiger charge is 2.31. The molecule has 0 atom stereocenters. The lowest BCUT2D eigenvalue weighted by atomic mass is 9.87. The first-order valence-corrected chi connectivity index (χ1v) is 6.12. The molecule has 3 aliphatic rings. The van der Waals surface area contributed by atoms with Crippen molar-refractivity contribution in [2.45, 2.75) is 19.4 Å². The van der Waals surface area contributed by atoms with Gasteiger partial charge < -0.3 is 9.36 Å². The molecule has 2 bridgehead atoms. The SMILES string of the molecule is N#Cc1cc(CON=C2CN3CCC2CC3)on1. The molecule has 94 valence electrons. The Kier molecular flexibility index (Phi) is 2.99. The Morgan fingerprint density at radius 3 is 3.00 bits per heavy atom. The van der Waals surface area contributed by atoms with Gasteiger partial charge in [-0.05, 0) is 25.9 Å². The summed E-state index contributed by atoms with van der Waals surface area (Å²) in [6.07, 6.45) is 2.37. The van der Waals surface area contributed by atoms with Crippen molar-refractivity contribution in [3.05, 3.63) is 17.5 Å². The Hall–Kier alpha value is -1.87. The Morgan fingerprint density at radius 1 is 1.56 bits per heavy atom. The smallest absolute Gasteiger partial charge is 0.183 e. The first-order chi connectivity index (χ1) is 8.85. The Morgan fingerprint density at radius 2 is 2.39 bits per heavy atom. The van der Waals surface area contributed by atoms with Gasteiger partial charge in [-0.1, -0.05) is 10.3 Å². The van der Waals surface area contributed by atoms with Crippen molar-refractivity contribution < 1.29 is 9.36 Å². The number of hydrogen-bond acceptors (Lipinski definition) is 6. The second-order valence-corrected chi connectivity index (χ2v) is 4.70. The fraction of sp³-hybridized carbons (Fsp3) is 0.583. The Labute approximate surface area is 105 Å². The molecule has 0 spiro atoms. The minimum Gasteiger partial charge on any atom is -0.387 e. The van der Waals surface area contributed by atoms with Gasteiger partial charge in [-0.15, -0.1) is 0 Å². The molecule has 3 saturated heterocycles. The molecule has 6 heteroatoms. The number of piperidine rings is 3. The molecular formula is C12H14N4O2. The van der Waals surface area contributed by atoms with Crippen LogP contribution in [0.5, 0.6) is 0 Å². The fourth-order valence-corrected chi connectivity index (χ4v) is 2.50. The first-order valence-electron chi connectivity index (χ1n) is 6.12. The third kappa shape index (κ3) is 2.22. The van der Waals surface area contributed by atoms with Crippen LogP contribution in [0.3, 0.4) is 0 Å². The van der Waals surface area contributed by atoms with Crippen LogP contribution in [0.1, 0.15) is 24.3 Å². The summed E-state index contributed by atoms with van der Waals surface area (Å²) in [5, 5.41) is 16.4. The Balaban J connectivity index is 1.56. The number of oxime groups is 1. The molecule has 3 aliphatic heterocycles. The van der Waals surface area contributed by atoms with Gasteiger partial charge in [-0.2, -0.15) is 5.26 Å². The van der Waals surface area contributed by atoms with Gasteiger partial charge in [0.1, 0.15) is 6.07 Å². The fourth-order valence-electron chi connectivity index (χ4n) is 2.50. The average molecular weight is 246 g/mol. The second kappa shape index (κ2) is 4.78. The topological polar surface area (TPSA) is 74.7 Å². The van der Waals surface area contributed by atoms with E-state index in [0.29, 0.717) is 11.7 Å². The van der Waals surface area contributed by atoms with Crippen molar-refractivity contribution in [1.29, 1.82) is 5.26 Å². The second-order valence-electron chi connectivity index (χ2n) is 4.70. The van der Waals surface area contributed by atoms with Gasteiger partial charge in [0.2, 0.25) is 0 Å². The molecule has 4 heterocycles. The van der Waals surface area contributed by atoms with Gasteiger partial charge in [0.05, 0.1) is 5.71 Å². The maximum absolute atomic E-state index is 8.61. The van der Waals surface area contributed by atoms with Gasteiger partial charge in [0.25, 0.3) is 0 Å². The predicted octanol–water partition coefficient (Wildman–Crippen LogP) is 1.14. The van der Waals surface area contributed by atoms with E-state index in [0.717, 1.165) is 12.3 Å². The molecule has 0 saturated carbocycles. The number of nitrogens with zero attached hydrogens (tertiary/aromatic N) is 4. The van der Waals surface area contributed by atoms with Crippen LogP contribution in [0.2, 0.25) is 0 Å². The van der Waals surface area contributed by atoms with Crippen molar-refractivity contribution in [2.24, 2.45) is 11.1 Å². The normalized spacial score (nSPS) is 28.3. The van der Waals surface area contributed by atoms with E-state index >= 15 is 0 Å². The summed E-state index contributed by atoms with van der Waals surface area (Å²) in [5.41, 5.74) is 1.40. The highest BCUT2D eigenvalue weighted by atomic mass is 16.6. The summed E-state index contributed by atoms with van der Waals surface area (Å²) in [4.78, 5) is 7.68. The summed E-state index contributed by atoms with van der Waals surface area (Å²) < 4.78 is 4.93. The highest BCUT2D eigenvalue weighted by Crippen LogP contribution is 2.25. The molecule has 3 fully saturated rings. The highest BCUT2D eigenvalue weighted by molar-refractivity contribution is 5.89. The molecule has 0 N–H and O–H groups in total. The van der Waals surface area contributed by atoms with Crippen molar-refractivity contribution >= 4 is 5.71 Å². The molecule has 6 nitrogen and oxygen atoms in total.